The van der Waals surface area contributed by atoms with Gasteiger partial charge in [-0.25, -0.2) is 4.79 Å². The molecule has 0 radical (unpaired) electrons. The van der Waals surface area contributed by atoms with E-state index < -0.39 is 0 Å². The lowest BCUT2D eigenvalue weighted by Crippen LogP contribution is -2.47. The number of hydrogen-bond acceptors (Lipinski definition) is 4. The Hall–Kier alpha value is -2.24. The molecule has 26 heavy (non-hydrogen) atoms. The molecule has 0 unspecified atom stereocenters. The van der Waals surface area contributed by atoms with Crippen LogP contribution < -0.4 is 10.7 Å². The van der Waals surface area contributed by atoms with Gasteiger partial charge in [-0.2, -0.15) is 0 Å². The molecule has 136 valence electrons. The van der Waals surface area contributed by atoms with E-state index in [4.69, 9.17) is 16.0 Å². The van der Waals surface area contributed by atoms with E-state index in [1.807, 2.05) is 6.07 Å². The number of halogens is 1. The lowest BCUT2D eigenvalue weighted by molar-refractivity contribution is 0.202. The SMILES string of the molecule is Cc1cccc(N2CCN(Cn3c(=O)oc4cc(Cl)ccc43)CC2)c1C. The van der Waals surface area contributed by atoms with E-state index in [-0.39, 0.29) is 5.76 Å². The van der Waals surface area contributed by atoms with Crippen LogP contribution in [0.25, 0.3) is 11.1 Å². The summed E-state index contributed by atoms with van der Waals surface area (Å²) in [5, 5.41) is 0.570. The van der Waals surface area contributed by atoms with Crippen LogP contribution >= 0.6 is 11.6 Å². The van der Waals surface area contributed by atoms with E-state index in [0.717, 1.165) is 31.7 Å². The minimum Gasteiger partial charge on any atom is -0.408 e. The zero-order valence-corrected chi connectivity index (χ0v) is 15.8. The average Bonchev–Trinajstić information content (AvgIpc) is 2.93. The lowest BCUT2D eigenvalue weighted by atomic mass is 10.1. The summed E-state index contributed by atoms with van der Waals surface area (Å²) in [7, 11) is 0. The molecule has 4 rings (SSSR count). The maximum absolute atomic E-state index is 12.2. The van der Waals surface area contributed by atoms with Crippen molar-refractivity contribution in [2.24, 2.45) is 0 Å². The smallest absolute Gasteiger partial charge is 0.408 e. The van der Waals surface area contributed by atoms with Crippen molar-refractivity contribution in [2.75, 3.05) is 31.1 Å². The number of anilines is 1. The molecule has 0 N–H and O–H groups in total. The normalized spacial score (nSPS) is 15.7. The van der Waals surface area contributed by atoms with Gasteiger partial charge in [-0.1, -0.05) is 23.7 Å². The van der Waals surface area contributed by atoms with Gasteiger partial charge in [-0.15, -0.1) is 0 Å². The molecule has 0 aliphatic carbocycles. The Morgan fingerprint density at radius 1 is 1.08 bits per heavy atom. The van der Waals surface area contributed by atoms with E-state index in [9.17, 15) is 4.79 Å². The summed E-state index contributed by atoms with van der Waals surface area (Å²) < 4.78 is 7.01. The van der Waals surface area contributed by atoms with Crippen molar-refractivity contribution in [3.8, 4) is 0 Å². The Balaban J connectivity index is 1.49. The van der Waals surface area contributed by atoms with E-state index >= 15 is 0 Å². The van der Waals surface area contributed by atoms with Crippen LogP contribution in [-0.4, -0.2) is 35.6 Å². The lowest BCUT2D eigenvalue weighted by Gasteiger charge is -2.37. The van der Waals surface area contributed by atoms with Gasteiger partial charge in [0.1, 0.15) is 0 Å². The standard InChI is InChI=1S/C20H22ClN3O2/c1-14-4-3-5-17(15(14)2)23-10-8-22(9-11-23)13-24-18-7-6-16(21)12-19(18)26-20(24)25/h3-7,12H,8-11,13H2,1-2H3. The van der Waals surface area contributed by atoms with Gasteiger partial charge in [0.2, 0.25) is 0 Å². The third-order valence-electron chi connectivity index (χ3n) is 5.26. The summed E-state index contributed by atoms with van der Waals surface area (Å²) in [6.07, 6.45) is 0. The highest BCUT2D eigenvalue weighted by Gasteiger charge is 2.20. The third kappa shape index (κ3) is 3.13. The second-order valence-corrected chi connectivity index (χ2v) is 7.31. The number of piperazine rings is 1. The maximum atomic E-state index is 12.2. The predicted molar refractivity (Wildman–Crippen MR) is 105 cm³/mol. The summed E-state index contributed by atoms with van der Waals surface area (Å²) in [4.78, 5) is 16.9. The topological polar surface area (TPSA) is 41.6 Å². The van der Waals surface area contributed by atoms with Gasteiger partial charge in [0, 0.05) is 43.0 Å². The molecule has 3 aromatic rings. The van der Waals surface area contributed by atoms with Crippen LogP contribution in [0.4, 0.5) is 5.69 Å². The number of fused-ring (bicyclic) bond motifs is 1. The maximum Gasteiger partial charge on any atom is 0.421 e. The molecule has 1 aliphatic rings. The minimum atomic E-state index is -0.334. The first-order valence-electron chi connectivity index (χ1n) is 8.85. The van der Waals surface area contributed by atoms with E-state index in [2.05, 4.69) is 41.8 Å². The number of aryl methyl sites for hydroxylation is 1. The Bertz CT molecular complexity index is 1000. The molecule has 2 aromatic carbocycles. The molecule has 0 bridgehead atoms. The monoisotopic (exact) mass is 371 g/mol. The number of oxazole rings is 1. The van der Waals surface area contributed by atoms with Crippen LogP contribution in [0.2, 0.25) is 5.02 Å². The molecule has 6 heteroatoms. The van der Waals surface area contributed by atoms with E-state index in [1.165, 1.54) is 16.8 Å². The number of nitrogens with zero attached hydrogens (tertiary/aromatic N) is 3. The van der Waals surface area contributed by atoms with Gasteiger partial charge >= 0.3 is 5.76 Å². The van der Waals surface area contributed by atoms with Gasteiger partial charge in [-0.3, -0.25) is 9.47 Å². The quantitative estimate of drug-likeness (QED) is 0.704. The van der Waals surface area contributed by atoms with Crippen LogP contribution in [0.1, 0.15) is 11.1 Å². The molecule has 1 saturated heterocycles. The van der Waals surface area contributed by atoms with Crippen LogP contribution in [0, 0.1) is 13.8 Å². The van der Waals surface area contributed by atoms with Crippen molar-refractivity contribution in [1.82, 2.24) is 9.47 Å². The van der Waals surface area contributed by atoms with Crippen LogP contribution in [0.3, 0.4) is 0 Å². The highest BCUT2D eigenvalue weighted by atomic mass is 35.5. The molecule has 0 amide bonds. The predicted octanol–water partition coefficient (Wildman–Crippen LogP) is 3.64. The highest BCUT2D eigenvalue weighted by molar-refractivity contribution is 6.31. The molecule has 1 fully saturated rings. The first-order chi connectivity index (χ1) is 12.5. The van der Waals surface area contributed by atoms with Crippen molar-refractivity contribution in [2.45, 2.75) is 20.5 Å². The number of aromatic nitrogens is 1. The molecule has 0 saturated carbocycles. The molecule has 5 nitrogen and oxygen atoms in total. The van der Waals surface area contributed by atoms with Gasteiger partial charge in [0.05, 0.1) is 12.2 Å². The van der Waals surface area contributed by atoms with Crippen LogP contribution in [-0.2, 0) is 6.67 Å². The van der Waals surface area contributed by atoms with Gasteiger partial charge in [-0.05, 0) is 43.2 Å². The Kier molecular flexibility index (Phi) is 4.51. The van der Waals surface area contributed by atoms with E-state index in [0.29, 0.717) is 17.3 Å². The zero-order chi connectivity index (χ0) is 18.3. The second kappa shape index (κ2) is 6.82. The summed E-state index contributed by atoms with van der Waals surface area (Å²) in [6, 6.07) is 11.8. The summed E-state index contributed by atoms with van der Waals surface area (Å²) in [5.74, 6) is -0.334. The first kappa shape index (κ1) is 17.2. The van der Waals surface area contributed by atoms with Gasteiger partial charge < -0.3 is 9.32 Å². The van der Waals surface area contributed by atoms with Gasteiger partial charge in [0.25, 0.3) is 0 Å². The molecule has 1 aromatic heterocycles. The molecule has 0 spiro atoms. The largest absolute Gasteiger partial charge is 0.421 e. The van der Waals surface area contributed by atoms with Crippen molar-refractivity contribution in [1.29, 1.82) is 0 Å². The fourth-order valence-corrected chi connectivity index (χ4v) is 3.74. The second-order valence-electron chi connectivity index (χ2n) is 6.87. The Labute approximate surface area is 157 Å². The Morgan fingerprint density at radius 3 is 2.62 bits per heavy atom. The third-order valence-corrected chi connectivity index (χ3v) is 5.50. The fourth-order valence-electron chi connectivity index (χ4n) is 3.58. The number of rotatable bonds is 3. The summed E-state index contributed by atoms with van der Waals surface area (Å²) in [6.45, 7) is 8.56. The van der Waals surface area contributed by atoms with E-state index in [1.54, 1.807) is 16.7 Å². The minimum absolute atomic E-state index is 0.334. The van der Waals surface area contributed by atoms with Crippen molar-refractivity contribution < 1.29 is 4.42 Å². The number of benzene rings is 2. The average molecular weight is 372 g/mol. The zero-order valence-electron chi connectivity index (χ0n) is 15.0. The highest BCUT2D eigenvalue weighted by Crippen LogP contribution is 2.24. The van der Waals surface area contributed by atoms with Gasteiger partial charge in [0.15, 0.2) is 5.58 Å². The summed E-state index contributed by atoms with van der Waals surface area (Å²) in [5.41, 5.74) is 5.30. The molecular formula is C20H22ClN3O2. The van der Waals surface area contributed by atoms with Crippen molar-refractivity contribution in [3.05, 3.63) is 63.1 Å². The van der Waals surface area contributed by atoms with Crippen LogP contribution in [0.5, 0.6) is 0 Å². The van der Waals surface area contributed by atoms with Crippen molar-refractivity contribution >= 4 is 28.4 Å². The molecule has 0 atom stereocenters. The van der Waals surface area contributed by atoms with Crippen LogP contribution in [0.15, 0.2) is 45.6 Å². The van der Waals surface area contributed by atoms with Crippen molar-refractivity contribution in [3.63, 3.8) is 0 Å². The first-order valence-corrected chi connectivity index (χ1v) is 9.23. The fraction of sp³-hybridized carbons (Fsp3) is 0.350. The number of hydrogen-bond donors (Lipinski definition) is 0. The molecule has 1 aliphatic heterocycles. The summed E-state index contributed by atoms with van der Waals surface area (Å²) >= 11 is 5.98. The Morgan fingerprint density at radius 2 is 1.85 bits per heavy atom. The molecule has 2 heterocycles. The molecular weight excluding hydrogens is 350 g/mol.